The molecule has 114 valence electrons. The molecule has 1 aromatic carbocycles. The first kappa shape index (κ1) is 15.5. The molecule has 1 N–H and O–H groups in total. The topological polar surface area (TPSA) is 55.4 Å². The lowest BCUT2D eigenvalue weighted by Crippen LogP contribution is -2.52. The van der Waals surface area contributed by atoms with Gasteiger partial charge in [0, 0.05) is 5.92 Å². The van der Waals surface area contributed by atoms with Gasteiger partial charge in [0.2, 0.25) is 5.91 Å². The van der Waals surface area contributed by atoms with Crippen LogP contribution in [0.1, 0.15) is 43.7 Å². The first-order chi connectivity index (χ1) is 9.91. The van der Waals surface area contributed by atoms with Crippen LogP contribution in [0.4, 0.5) is 0 Å². The molecule has 21 heavy (non-hydrogen) atoms. The molecule has 4 nitrogen and oxygen atoms in total. The summed E-state index contributed by atoms with van der Waals surface area (Å²) in [5.41, 5.74) is 1.46. The van der Waals surface area contributed by atoms with Crippen LogP contribution in [0.15, 0.2) is 24.3 Å². The molecule has 1 aliphatic rings. The highest BCUT2D eigenvalue weighted by molar-refractivity contribution is 5.90. The zero-order valence-corrected chi connectivity index (χ0v) is 13.1. The molecule has 0 unspecified atom stereocenters. The molecular formula is C17H23NO3. The molecule has 1 amide bonds. The van der Waals surface area contributed by atoms with Crippen molar-refractivity contribution >= 4 is 11.9 Å². The van der Waals surface area contributed by atoms with Crippen molar-refractivity contribution in [1.82, 2.24) is 5.32 Å². The number of ether oxygens (including phenoxy) is 1. The molecule has 1 saturated carbocycles. The Morgan fingerprint density at radius 1 is 1.43 bits per heavy atom. The van der Waals surface area contributed by atoms with Gasteiger partial charge in [-0.1, -0.05) is 36.8 Å². The Bertz CT molecular complexity index is 555. The highest BCUT2D eigenvalue weighted by Crippen LogP contribution is 2.47. The molecule has 1 fully saturated rings. The average Bonchev–Trinajstić information content (AvgIpc) is 3.26. The Kier molecular flexibility index (Phi) is 4.35. The molecule has 1 aliphatic carbocycles. The quantitative estimate of drug-likeness (QED) is 0.848. The van der Waals surface area contributed by atoms with E-state index in [1.165, 1.54) is 18.2 Å². The summed E-state index contributed by atoms with van der Waals surface area (Å²) >= 11 is 0. The average molecular weight is 289 g/mol. The number of hydrogen-bond donors (Lipinski definition) is 1. The Morgan fingerprint density at radius 2 is 2.14 bits per heavy atom. The minimum Gasteiger partial charge on any atom is -0.467 e. The maximum atomic E-state index is 12.3. The van der Waals surface area contributed by atoms with Gasteiger partial charge in [-0.25, -0.2) is 4.79 Å². The maximum Gasteiger partial charge on any atom is 0.331 e. The molecule has 3 atom stereocenters. The highest BCUT2D eigenvalue weighted by Gasteiger charge is 2.46. The fourth-order valence-electron chi connectivity index (χ4n) is 2.63. The summed E-state index contributed by atoms with van der Waals surface area (Å²) in [4.78, 5) is 24.2. The van der Waals surface area contributed by atoms with Crippen LogP contribution in [0, 0.1) is 12.8 Å². The monoisotopic (exact) mass is 289 g/mol. The molecule has 0 aromatic heterocycles. The van der Waals surface area contributed by atoms with E-state index in [0.29, 0.717) is 6.42 Å². The van der Waals surface area contributed by atoms with Crippen LogP contribution in [0.25, 0.3) is 0 Å². The standard InChI is InChI=1S/C17H23NO3/c1-5-17(3,16(20)21-4)18-15(19)14-10-13(14)12-8-6-7-11(2)9-12/h6-9,13-14H,5,10H2,1-4H3,(H,18,19)/t13-,14-,17-/m0/s1. The van der Waals surface area contributed by atoms with Crippen LogP contribution in [0.2, 0.25) is 0 Å². The summed E-state index contributed by atoms with van der Waals surface area (Å²) < 4.78 is 4.78. The zero-order valence-electron chi connectivity index (χ0n) is 13.1. The Morgan fingerprint density at radius 3 is 2.71 bits per heavy atom. The molecule has 1 aromatic rings. The zero-order chi connectivity index (χ0) is 15.6. The third-order valence-corrected chi connectivity index (χ3v) is 4.34. The normalized spacial score (nSPS) is 23.0. The van der Waals surface area contributed by atoms with Crippen molar-refractivity contribution in [2.45, 2.75) is 45.1 Å². The van der Waals surface area contributed by atoms with Gasteiger partial charge in [0.05, 0.1) is 7.11 Å². The number of carbonyl (C=O) groups excluding carboxylic acids is 2. The van der Waals surface area contributed by atoms with E-state index in [-0.39, 0.29) is 17.7 Å². The molecule has 4 heteroatoms. The van der Waals surface area contributed by atoms with Crippen LogP contribution >= 0.6 is 0 Å². The van der Waals surface area contributed by atoms with E-state index in [1.54, 1.807) is 6.92 Å². The summed E-state index contributed by atoms with van der Waals surface area (Å²) in [6.07, 6.45) is 1.35. The summed E-state index contributed by atoms with van der Waals surface area (Å²) in [6, 6.07) is 8.25. The summed E-state index contributed by atoms with van der Waals surface area (Å²) in [5.74, 6) is -0.228. The highest BCUT2D eigenvalue weighted by atomic mass is 16.5. The first-order valence-corrected chi connectivity index (χ1v) is 7.38. The van der Waals surface area contributed by atoms with Gasteiger partial charge in [-0.2, -0.15) is 0 Å². The lowest BCUT2D eigenvalue weighted by Gasteiger charge is -2.26. The van der Waals surface area contributed by atoms with Crippen molar-refractivity contribution in [3.05, 3.63) is 35.4 Å². The van der Waals surface area contributed by atoms with E-state index < -0.39 is 11.5 Å². The third-order valence-electron chi connectivity index (χ3n) is 4.34. The number of benzene rings is 1. The van der Waals surface area contributed by atoms with Crippen LogP contribution < -0.4 is 5.32 Å². The van der Waals surface area contributed by atoms with Crippen molar-refractivity contribution in [3.8, 4) is 0 Å². The second kappa shape index (κ2) is 5.88. The van der Waals surface area contributed by atoms with Gasteiger partial charge in [0.25, 0.3) is 0 Å². The van der Waals surface area contributed by atoms with Crippen LogP contribution in [0.3, 0.4) is 0 Å². The molecular weight excluding hydrogens is 266 g/mol. The summed E-state index contributed by atoms with van der Waals surface area (Å²) in [7, 11) is 1.34. The summed E-state index contributed by atoms with van der Waals surface area (Å²) in [6.45, 7) is 5.62. The van der Waals surface area contributed by atoms with E-state index in [4.69, 9.17) is 4.74 Å². The number of aryl methyl sites for hydroxylation is 1. The van der Waals surface area contributed by atoms with Gasteiger partial charge in [0.1, 0.15) is 5.54 Å². The van der Waals surface area contributed by atoms with Crippen molar-refractivity contribution in [2.75, 3.05) is 7.11 Å². The Balaban J connectivity index is 2.02. The van der Waals surface area contributed by atoms with Crippen molar-refractivity contribution in [3.63, 3.8) is 0 Å². The number of methoxy groups -OCH3 is 1. The minimum atomic E-state index is -0.939. The maximum absolute atomic E-state index is 12.3. The van der Waals surface area contributed by atoms with Crippen LogP contribution in [0.5, 0.6) is 0 Å². The number of carbonyl (C=O) groups is 2. The van der Waals surface area contributed by atoms with E-state index in [1.807, 2.05) is 26.0 Å². The van der Waals surface area contributed by atoms with Gasteiger partial charge in [-0.3, -0.25) is 4.79 Å². The molecule has 0 saturated heterocycles. The Labute approximate surface area is 125 Å². The fourth-order valence-corrected chi connectivity index (χ4v) is 2.63. The van der Waals surface area contributed by atoms with Gasteiger partial charge in [-0.05, 0) is 38.2 Å². The van der Waals surface area contributed by atoms with Gasteiger partial charge >= 0.3 is 5.97 Å². The fraction of sp³-hybridized carbons (Fsp3) is 0.529. The third kappa shape index (κ3) is 3.26. The largest absolute Gasteiger partial charge is 0.467 e. The molecule has 0 heterocycles. The first-order valence-electron chi connectivity index (χ1n) is 7.38. The second-order valence-electron chi connectivity index (χ2n) is 6.03. The lowest BCUT2D eigenvalue weighted by atomic mass is 9.98. The second-order valence-corrected chi connectivity index (χ2v) is 6.03. The van der Waals surface area contributed by atoms with Gasteiger partial charge in [-0.15, -0.1) is 0 Å². The predicted molar refractivity (Wildman–Crippen MR) is 80.9 cm³/mol. The van der Waals surface area contributed by atoms with Gasteiger partial charge in [0.15, 0.2) is 0 Å². The van der Waals surface area contributed by atoms with Crippen molar-refractivity contribution < 1.29 is 14.3 Å². The van der Waals surface area contributed by atoms with E-state index in [9.17, 15) is 9.59 Å². The Hall–Kier alpha value is -1.84. The molecule has 2 rings (SSSR count). The summed E-state index contributed by atoms with van der Waals surface area (Å²) in [5, 5.41) is 2.86. The molecule has 0 radical (unpaired) electrons. The predicted octanol–water partition coefficient (Wildman–Crippen LogP) is 2.56. The number of hydrogen-bond acceptors (Lipinski definition) is 3. The molecule has 0 spiro atoms. The van der Waals surface area contributed by atoms with Crippen molar-refractivity contribution in [1.29, 1.82) is 0 Å². The number of amides is 1. The van der Waals surface area contributed by atoms with E-state index in [2.05, 4.69) is 17.4 Å². The van der Waals surface area contributed by atoms with E-state index in [0.717, 1.165) is 6.42 Å². The van der Waals surface area contributed by atoms with Crippen LogP contribution in [-0.2, 0) is 14.3 Å². The van der Waals surface area contributed by atoms with E-state index >= 15 is 0 Å². The molecule has 0 bridgehead atoms. The smallest absolute Gasteiger partial charge is 0.331 e. The minimum absolute atomic E-state index is 0.0395. The van der Waals surface area contributed by atoms with Crippen molar-refractivity contribution in [2.24, 2.45) is 5.92 Å². The van der Waals surface area contributed by atoms with Gasteiger partial charge < -0.3 is 10.1 Å². The van der Waals surface area contributed by atoms with Crippen LogP contribution in [-0.4, -0.2) is 24.5 Å². The number of rotatable bonds is 5. The molecule has 0 aliphatic heterocycles. The SMILES string of the molecule is CC[C@](C)(NC(=O)[C@H]1C[C@H]1c1cccc(C)c1)C(=O)OC. The number of esters is 1. The number of nitrogens with one attached hydrogen (secondary N) is 1. The lowest BCUT2D eigenvalue weighted by molar-refractivity contribution is -0.150.